The van der Waals surface area contributed by atoms with E-state index in [0.29, 0.717) is 37.6 Å². The number of hydrogen-bond acceptors (Lipinski definition) is 5. The van der Waals surface area contributed by atoms with Crippen LogP contribution in [0.4, 0.5) is 11.5 Å². The molecule has 1 saturated heterocycles. The highest BCUT2D eigenvalue weighted by molar-refractivity contribution is 6.39. The van der Waals surface area contributed by atoms with Crippen molar-refractivity contribution in [2.45, 2.75) is 26.4 Å². The standard InChI is InChI=1S/C14H20N4O3/c1-3-10-6-11(7-16-12(10)15)17-13(19)14(20)18-4-5-21-9(2)8-18/h6-7,9H,3-5,8H2,1-2H3,(H2,15,16)(H,17,19). The minimum absolute atomic E-state index is 0.0552. The maximum atomic E-state index is 12.1. The number of carbonyl (C=O) groups excluding carboxylic acids is 2. The van der Waals surface area contributed by atoms with E-state index in [1.165, 1.54) is 11.1 Å². The summed E-state index contributed by atoms with van der Waals surface area (Å²) in [6.45, 7) is 5.11. The van der Waals surface area contributed by atoms with Gasteiger partial charge in [-0.25, -0.2) is 4.98 Å². The van der Waals surface area contributed by atoms with Crippen LogP contribution in [0.1, 0.15) is 19.4 Å². The van der Waals surface area contributed by atoms with Crippen molar-refractivity contribution in [2.75, 3.05) is 30.7 Å². The number of nitrogens with one attached hydrogen (secondary N) is 1. The molecule has 3 N–H and O–H groups in total. The highest BCUT2D eigenvalue weighted by atomic mass is 16.5. The van der Waals surface area contributed by atoms with Crippen molar-refractivity contribution in [2.24, 2.45) is 0 Å². The summed E-state index contributed by atoms with van der Waals surface area (Å²) in [5.74, 6) is -0.790. The summed E-state index contributed by atoms with van der Waals surface area (Å²) < 4.78 is 5.35. The molecule has 2 amide bonds. The Morgan fingerprint density at radius 3 is 3.00 bits per heavy atom. The largest absolute Gasteiger partial charge is 0.383 e. The molecule has 1 aliphatic heterocycles. The molecule has 0 bridgehead atoms. The number of hydrogen-bond donors (Lipinski definition) is 2. The van der Waals surface area contributed by atoms with Crippen LogP contribution in [0.3, 0.4) is 0 Å². The third kappa shape index (κ3) is 3.69. The average Bonchev–Trinajstić information content (AvgIpc) is 2.48. The number of nitrogen functional groups attached to an aromatic ring is 1. The second kappa shape index (κ2) is 6.53. The Kier molecular flexibility index (Phi) is 4.74. The predicted molar refractivity (Wildman–Crippen MR) is 78.7 cm³/mol. The molecule has 0 spiro atoms. The maximum absolute atomic E-state index is 12.1. The van der Waals surface area contributed by atoms with Crippen molar-refractivity contribution in [1.29, 1.82) is 0 Å². The number of anilines is 2. The van der Waals surface area contributed by atoms with Gasteiger partial charge in [0.1, 0.15) is 5.82 Å². The van der Waals surface area contributed by atoms with Gasteiger partial charge in [0.2, 0.25) is 0 Å². The summed E-state index contributed by atoms with van der Waals surface area (Å²) in [6, 6.07) is 1.73. The van der Waals surface area contributed by atoms with Crippen LogP contribution in [0.15, 0.2) is 12.3 Å². The molecule has 21 heavy (non-hydrogen) atoms. The van der Waals surface area contributed by atoms with E-state index < -0.39 is 11.8 Å². The van der Waals surface area contributed by atoms with Gasteiger partial charge in [-0.3, -0.25) is 9.59 Å². The lowest BCUT2D eigenvalue weighted by Gasteiger charge is -2.30. The van der Waals surface area contributed by atoms with Gasteiger partial charge in [0.15, 0.2) is 0 Å². The Labute approximate surface area is 123 Å². The smallest absolute Gasteiger partial charge is 0.313 e. The minimum atomic E-state index is -0.669. The number of aryl methyl sites for hydroxylation is 1. The second-order valence-electron chi connectivity index (χ2n) is 5.01. The van der Waals surface area contributed by atoms with E-state index in [1.807, 2.05) is 13.8 Å². The first-order valence-corrected chi connectivity index (χ1v) is 6.97. The fourth-order valence-corrected chi connectivity index (χ4v) is 2.20. The van der Waals surface area contributed by atoms with Gasteiger partial charge in [0.05, 0.1) is 24.6 Å². The van der Waals surface area contributed by atoms with Crippen LogP contribution in [0.5, 0.6) is 0 Å². The van der Waals surface area contributed by atoms with E-state index >= 15 is 0 Å². The number of rotatable bonds is 2. The Hall–Kier alpha value is -2.15. The normalized spacial score (nSPS) is 18.4. The lowest BCUT2D eigenvalue weighted by Crippen LogP contribution is -2.48. The molecule has 1 aromatic heterocycles. The van der Waals surface area contributed by atoms with E-state index in [9.17, 15) is 9.59 Å². The number of morpholine rings is 1. The SMILES string of the molecule is CCc1cc(NC(=O)C(=O)N2CCOC(C)C2)cnc1N. The lowest BCUT2D eigenvalue weighted by molar-refractivity contribution is -0.147. The Morgan fingerprint density at radius 1 is 1.57 bits per heavy atom. The van der Waals surface area contributed by atoms with E-state index in [1.54, 1.807) is 6.07 Å². The summed E-state index contributed by atoms with van der Waals surface area (Å²) >= 11 is 0. The molecular weight excluding hydrogens is 272 g/mol. The molecule has 1 atom stereocenters. The molecule has 1 aliphatic rings. The highest BCUT2D eigenvalue weighted by Crippen LogP contribution is 2.15. The fourth-order valence-electron chi connectivity index (χ4n) is 2.20. The zero-order chi connectivity index (χ0) is 15.4. The topological polar surface area (TPSA) is 97.5 Å². The predicted octanol–water partition coefficient (Wildman–Crippen LogP) is 0.412. The van der Waals surface area contributed by atoms with Crippen LogP contribution in [0, 0.1) is 0 Å². The van der Waals surface area contributed by atoms with Crippen molar-refractivity contribution in [3.63, 3.8) is 0 Å². The summed E-state index contributed by atoms with van der Waals surface area (Å²) in [7, 11) is 0. The zero-order valence-electron chi connectivity index (χ0n) is 12.3. The van der Waals surface area contributed by atoms with Gasteiger partial charge in [-0.1, -0.05) is 6.92 Å². The van der Waals surface area contributed by atoms with Crippen LogP contribution < -0.4 is 11.1 Å². The van der Waals surface area contributed by atoms with Crippen molar-refractivity contribution in [1.82, 2.24) is 9.88 Å². The van der Waals surface area contributed by atoms with Crippen LogP contribution in [0.25, 0.3) is 0 Å². The Morgan fingerprint density at radius 2 is 2.33 bits per heavy atom. The summed E-state index contributed by atoms with van der Waals surface area (Å²) in [4.78, 5) is 29.6. The Balaban J connectivity index is 2.02. The molecule has 1 fully saturated rings. The van der Waals surface area contributed by atoms with Crippen molar-refractivity contribution in [3.8, 4) is 0 Å². The third-order valence-corrected chi connectivity index (χ3v) is 3.36. The monoisotopic (exact) mass is 292 g/mol. The van der Waals surface area contributed by atoms with Crippen molar-refractivity contribution >= 4 is 23.3 Å². The molecule has 0 aliphatic carbocycles. The number of nitrogens with zero attached hydrogens (tertiary/aromatic N) is 2. The number of ether oxygens (including phenoxy) is 1. The molecule has 0 saturated carbocycles. The summed E-state index contributed by atoms with van der Waals surface area (Å²) in [5, 5.41) is 2.57. The molecular formula is C14H20N4O3. The Bertz CT molecular complexity index is 547. The van der Waals surface area contributed by atoms with Crippen molar-refractivity contribution < 1.29 is 14.3 Å². The van der Waals surface area contributed by atoms with Crippen LogP contribution >= 0.6 is 0 Å². The molecule has 7 nitrogen and oxygen atoms in total. The second-order valence-corrected chi connectivity index (χ2v) is 5.01. The molecule has 2 rings (SSSR count). The summed E-state index contributed by atoms with van der Waals surface area (Å²) in [5.41, 5.74) is 7.02. The minimum Gasteiger partial charge on any atom is -0.383 e. The van der Waals surface area contributed by atoms with Gasteiger partial charge in [-0.15, -0.1) is 0 Å². The molecule has 2 heterocycles. The number of pyridine rings is 1. The van der Waals surface area contributed by atoms with Gasteiger partial charge in [0.25, 0.3) is 0 Å². The molecule has 1 unspecified atom stereocenters. The number of nitrogens with two attached hydrogens (primary N) is 1. The highest BCUT2D eigenvalue weighted by Gasteiger charge is 2.26. The van der Waals surface area contributed by atoms with E-state index in [2.05, 4.69) is 10.3 Å². The molecule has 7 heteroatoms. The van der Waals surface area contributed by atoms with Crippen molar-refractivity contribution in [3.05, 3.63) is 17.8 Å². The first-order valence-electron chi connectivity index (χ1n) is 6.97. The molecule has 0 radical (unpaired) electrons. The van der Waals surface area contributed by atoms with Crippen LogP contribution in [-0.4, -0.2) is 47.5 Å². The number of carbonyl (C=O) groups is 2. The first kappa shape index (κ1) is 15.2. The van der Waals surface area contributed by atoms with Gasteiger partial charge in [0, 0.05) is 13.1 Å². The first-order chi connectivity index (χ1) is 10.0. The molecule has 114 valence electrons. The lowest BCUT2D eigenvalue weighted by atomic mass is 10.2. The van der Waals surface area contributed by atoms with E-state index in [-0.39, 0.29) is 6.10 Å². The van der Waals surface area contributed by atoms with Crippen LogP contribution in [-0.2, 0) is 20.7 Å². The van der Waals surface area contributed by atoms with Gasteiger partial charge in [-0.05, 0) is 25.0 Å². The fraction of sp³-hybridized carbons (Fsp3) is 0.500. The van der Waals surface area contributed by atoms with Gasteiger partial charge < -0.3 is 20.7 Å². The van der Waals surface area contributed by atoms with E-state index in [4.69, 9.17) is 10.5 Å². The average molecular weight is 292 g/mol. The maximum Gasteiger partial charge on any atom is 0.313 e. The third-order valence-electron chi connectivity index (χ3n) is 3.36. The van der Waals surface area contributed by atoms with Gasteiger partial charge in [-0.2, -0.15) is 0 Å². The zero-order valence-corrected chi connectivity index (χ0v) is 12.3. The quantitative estimate of drug-likeness (QED) is 0.770. The molecule has 0 aromatic carbocycles. The number of amides is 2. The van der Waals surface area contributed by atoms with Gasteiger partial charge >= 0.3 is 11.8 Å². The van der Waals surface area contributed by atoms with Crippen LogP contribution in [0.2, 0.25) is 0 Å². The van der Waals surface area contributed by atoms with E-state index in [0.717, 1.165) is 5.56 Å². The number of aromatic nitrogens is 1. The summed E-state index contributed by atoms with van der Waals surface area (Å²) in [6.07, 6.45) is 2.10. The molecule has 1 aromatic rings.